The molecule has 20 heavy (non-hydrogen) atoms. The zero-order valence-corrected chi connectivity index (χ0v) is 11.8. The van der Waals surface area contributed by atoms with Crippen molar-refractivity contribution < 1.29 is 9.59 Å². The van der Waals surface area contributed by atoms with Gasteiger partial charge in [0, 0.05) is 43.6 Å². The lowest BCUT2D eigenvalue weighted by Gasteiger charge is -2.42. The van der Waals surface area contributed by atoms with Crippen LogP contribution >= 0.6 is 0 Å². The van der Waals surface area contributed by atoms with Crippen LogP contribution in [-0.4, -0.2) is 58.3 Å². The Morgan fingerprint density at radius 2 is 1.95 bits per heavy atom. The van der Waals surface area contributed by atoms with Crippen molar-refractivity contribution in [2.24, 2.45) is 5.73 Å². The van der Waals surface area contributed by atoms with Crippen LogP contribution in [0.4, 0.5) is 0 Å². The van der Waals surface area contributed by atoms with E-state index >= 15 is 0 Å². The van der Waals surface area contributed by atoms with Gasteiger partial charge in [0.1, 0.15) is 6.04 Å². The molecule has 0 radical (unpaired) electrons. The lowest BCUT2D eigenvalue weighted by molar-refractivity contribution is -0.126. The average molecular weight is 276 g/mol. The van der Waals surface area contributed by atoms with Crippen molar-refractivity contribution in [3.63, 3.8) is 0 Å². The van der Waals surface area contributed by atoms with E-state index < -0.39 is 6.04 Å². The van der Waals surface area contributed by atoms with Gasteiger partial charge >= 0.3 is 0 Å². The lowest BCUT2D eigenvalue weighted by Crippen LogP contribution is -2.61. The van der Waals surface area contributed by atoms with Gasteiger partial charge in [-0.15, -0.1) is 0 Å². The molecular weight excluding hydrogens is 256 g/mol. The highest BCUT2D eigenvalue weighted by atomic mass is 16.2. The summed E-state index contributed by atoms with van der Waals surface area (Å²) in [6, 6.07) is 3.16. The number of amides is 2. The zero-order chi connectivity index (χ0) is 14.7. The molecule has 0 spiro atoms. The van der Waals surface area contributed by atoms with Crippen molar-refractivity contribution in [3.05, 3.63) is 30.1 Å². The second kappa shape index (κ2) is 6.00. The van der Waals surface area contributed by atoms with Crippen LogP contribution in [0.15, 0.2) is 24.5 Å². The highest BCUT2D eigenvalue weighted by Crippen LogP contribution is 2.15. The molecule has 2 N–H and O–H groups in total. The summed E-state index contributed by atoms with van der Waals surface area (Å²) in [4.78, 5) is 31.6. The number of pyridine rings is 1. The Kier molecular flexibility index (Phi) is 4.34. The van der Waals surface area contributed by atoms with E-state index in [0.29, 0.717) is 25.2 Å². The molecule has 6 nitrogen and oxygen atoms in total. The number of aromatic nitrogens is 1. The molecule has 0 aromatic carbocycles. The van der Waals surface area contributed by atoms with Gasteiger partial charge in [0.05, 0.1) is 0 Å². The molecule has 1 aliphatic heterocycles. The Balaban J connectivity index is 2.13. The minimum Gasteiger partial charge on any atom is -0.368 e. The standard InChI is InChI=1S/C14H20N4O2/c1-10(2)18-8-7-17(9-12(18)13(15)19)14(20)11-3-5-16-6-4-11/h3-6,10,12H,7-9H2,1-2H3,(H2,15,19). The van der Waals surface area contributed by atoms with Gasteiger partial charge < -0.3 is 10.6 Å². The Morgan fingerprint density at radius 3 is 2.50 bits per heavy atom. The van der Waals surface area contributed by atoms with E-state index in [1.165, 1.54) is 0 Å². The SMILES string of the molecule is CC(C)N1CCN(C(=O)c2ccncc2)CC1C(N)=O. The molecule has 108 valence electrons. The van der Waals surface area contributed by atoms with Gasteiger partial charge in [-0.3, -0.25) is 19.5 Å². The summed E-state index contributed by atoms with van der Waals surface area (Å²) >= 11 is 0. The number of nitrogens with zero attached hydrogens (tertiary/aromatic N) is 3. The molecule has 6 heteroatoms. The van der Waals surface area contributed by atoms with Crippen LogP contribution in [0, 0.1) is 0 Å². The maximum Gasteiger partial charge on any atom is 0.254 e. The molecule has 1 aliphatic rings. The quantitative estimate of drug-likeness (QED) is 0.849. The number of hydrogen-bond donors (Lipinski definition) is 1. The summed E-state index contributed by atoms with van der Waals surface area (Å²) in [5.74, 6) is -0.465. The first kappa shape index (κ1) is 14.5. The zero-order valence-electron chi connectivity index (χ0n) is 11.8. The molecule has 1 fully saturated rings. The van der Waals surface area contributed by atoms with Crippen LogP contribution in [0.3, 0.4) is 0 Å². The van der Waals surface area contributed by atoms with Gasteiger partial charge in [0.15, 0.2) is 0 Å². The molecule has 2 rings (SSSR count). The number of hydrogen-bond acceptors (Lipinski definition) is 4. The third-order valence-corrected chi connectivity index (χ3v) is 3.63. The van der Waals surface area contributed by atoms with E-state index in [0.717, 1.165) is 0 Å². The summed E-state index contributed by atoms with van der Waals surface area (Å²) < 4.78 is 0. The third kappa shape index (κ3) is 2.96. The maximum absolute atomic E-state index is 12.4. The highest BCUT2D eigenvalue weighted by molar-refractivity contribution is 5.94. The highest BCUT2D eigenvalue weighted by Gasteiger charge is 2.34. The Hall–Kier alpha value is -1.95. The average Bonchev–Trinajstić information content (AvgIpc) is 2.46. The van der Waals surface area contributed by atoms with Gasteiger partial charge in [-0.1, -0.05) is 0 Å². The van der Waals surface area contributed by atoms with Crippen molar-refractivity contribution in [1.82, 2.24) is 14.8 Å². The predicted molar refractivity (Wildman–Crippen MR) is 75.0 cm³/mol. The Bertz CT molecular complexity index is 489. The lowest BCUT2D eigenvalue weighted by atomic mass is 10.1. The van der Waals surface area contributed by atoms with Crippen LogP contribution in [0.1, 0.15) is 24.2 Å². The van der Waals surface area contributed by atoms with Gasteiger partial charge in [-0.2, -0.15) is 0 Å². The van der Waals surface area contributed by atoms with Crippen LogP contribution in [0.5, 0.6) is 0 Å². The van der Waals surface area contributed by atoms with Crippen molar-refractivity contribution in [1.29, 1.82) is 0 Å². The fourth-order valence-electron chi connectivity index (χ4n) is 2.53. The molecular formula is C14H20N4O2. The summed E-state index contributed by atoms with van der Waals surface area (Å²) in [5, 5.41) is 0. The van der Waals surface area contributed by atoms with Crippen LogP contribution in [0.2, 0.25) is 0 Å². The van der Waals surface area contributed by atoms with E-state index in [1.807, 2.05) is 18.7 Å². The second-order valence-corrected chi connectivity index (χ2v) is 5.24. The minimum absolute atomic E-state index is 0.0814. The molecule has 1 aromatic heterocycles. The number of rotatable bonds is 3. The molecule has 1 unspecified atom stereocenters. The first-order chi connectivity index (χ1) is 9.50. The fourth-order valence-corrected chi connectivity index (χ4v) is 2.53. The van der Waals surface area contributed by atoms with Gasteiger partial charge in [0.25, 0.3) is 5.91 Å². The molecule has 0 saturated carbocycles. The van der Waals surface area contributed by atoms with Gasteiger partial charge in [-0.05, 0) is 26.0 Å². The number of nitrogens with two attached hydrogens (primary N) is 1. The largest absolute Gasteiger partial charge is 0.368 e. The topological polar surface area (TPSA) is 79.5 Å². The van der Waals surface area contributed by atoms with Crippen molar-refractivity contribution in [3.8, 4) is 0 Å². The van der Waals surface area contributed by atoms with Crippen molar-refractivity contribution in [2.45, 2.75) is 25.9 Å². The maximum atomic E-state index is 12.4. The number of piperazine rings is 1. The fraction of sp³-hybridized carbons (Fsp3) is 0.500. The van der Waals surface area contributed by atoms with Crippen LogP contribution in [-0.2, 0) is 4.79 Å². The smallest absolute Gasteiger partial charge is 0.254 e. The van der Waals surface area contributed by atoms with Gasteiger partial charge in [0.2, 0.25) is 5.91 Å². The molecule has 1 aromatic rings. The van der Waals surface area contributed by atoms with E-state index in [1.54, 1.807) is 29.4 Å². The molecule has 0 bridgehead atoms. The monoisotopic (exact) mass is 276 g/mol. The van der Waals surface area contributed by atoms with E-state index in [9.17, 15) is 9.59 Å². The first-order valence-corrected chi connectivity index (χ1v) is 6.75. The second-order valence-electron chi connectivity index (χ2n) is 5.24. The summed E-state index contributed by atoms with van der Waals surface area (Å²) in [6.07, 6.45) is 3.17. The van der Waals surface area contributed by atoms with Crippen LogP contribution in [0.25, 0.3) is 0 Å². The number of carbonyl (C=O) groups is 2. The van der Waals surface area contributed by atoms with Gasteiger partial charge in [-0.25, -0.2) is 0 Å². The number of primary amides is 1. The van der Waals surface area contributed by atoms with E-state index in [-0.39, 0.29) is 17.9 Å². The normalized spacial score (nSPS) is 20.1. The minimum atomic E-state index is -0.422. The predicted octanol–water partition coefficient (Wildman–Crippen LogP) is 0.102. The Morgan fingerprint density at radius 1 is 1.30 bits per heavy atom. The summed E-state index contributed by atoms with van der Waals surface area (Å²) in [7, 11) is 0. The molecule has 2 heterocycles. The molecule has 1 saturated heterocycles. The molecule has 2 amide bonds. The molecule has 1 atom stereocenters. The first-order valence-electron chi connectivity index (χ1n) is 6.75. The Labute approximate surface area is 118 Å². The van der Waals surface area contributed by atoms with E-state index in [4.69, 9.17) is 5.73 Å². The van der Waals surface area contributed by atoms with Crippen molar-refractivity contribution >= 4 is 11.8 Å². The third-order valence-electron chi connectivity index (χ3n) is 3.63. The van der Waals surface area contributed by atoms with Crippen molar-refractivity contribution in [2.75, 3.05) is 19.6 Å². The number of carbonyl (C=O) groups excluding carboxylic acids is 2. The summed E-state index contributed by atoms with van der Waals surface area (Å²) in [6.45, 7) is 5.65. The molecule has 0 aliphatic carbocycles. The summed E-state index contributed by atoms with van der Waals surface area (Å²) in [5.41, 5.74) is 6.05. The van der Waals surface area contributed by atoms with Crippen LogP contribution < -0.4 is 5.73 Å². The van der Waals surface area contributed by atoms with E-state index in [2.05, 4.69) is 4.98 Å².